The van der Waals surface area contributed by atoms with Gasteiger partial charge in [0, 0.05) is 11.8 Å². The number of carbonyl (C=O) groups excluding carboxylic acids is 1. The summed E-state index contributed by atoms with van der Waals surface area (Å²) in [5, 5.41) is 5.11. The van der Waals surface area contributed by atoms with E-state index in [4.69, 9.17) is 0 Å². The highest BCUT2D eigenvalue weighted by Crippen LogP contribution is 2.41. The predicted molar refractivity (Wildman–Crippen MR) is 126 cm³/mol. The van der Waals surface area contributed by atoms with Crippen molar-refractivity contribution in [2.45, 2.75) is 50.2 Å². The summed E-state index contributed by atoms with van der Waals surface area (Å²) in [6, 6.07) is 8.53. The van der Waals surface area contributed by atoms with Crippen LogP contribution in [-0.2, 0) is 11.7 Å². The molecule has 10 heteroatoms. The lowest BCUT2D eigenvalue weighted by Crippen LogP contribution is -2.50. The molecule has 1 aromatic heterocycles. The molecule has 0 spiro atoms. The molecule has 4 rings (SSSR count). The van der Waals surface area contributed by atoms with Gasteiger partial charge in [-0.15, -0.1) is 0 Å². The van der Waals surface area contributed by atoms with Crippen LogP contribution in [0.25, 0.3) is 0 Å². The molecular formula is C27H25F6N3O. The maximum Gasteiger partial charge on any atom is 0.416 e. The second-order valence-corrected chi connectivity index (χ2v) is 9.29. The van der Waals surface area contributed by atoms with Crippen molar-refractivity contribution in [3.8, 4) is 0 Å². The first kappa shape index (κ1) is 26.5. The minimum absolute atomic E-state index is 0.0297. The maximum atomic E-state index is 13.8. The highest BCUT2D eigenvalue weighted by Gasteiger charge is 2.42. The molecular weight excluding hydrogens is 496 g/mol. The summed E-state index contributed by atoms with van der Waals surface area (Å²) in [6.45, 7) is 0. The van der Waals surface area contributed by atoms with Gasteiger partial charge in [0.25, 0.3) is 0 Å². The number of anilines is 1. The lowest BCUT2D eigenvalue weighted by atomic mass is 9.74. The lowest BCUT2D eigenvalue weighted by molar-refractivity contribution is -0.137. The number of benzene rings is 2. The Bertz CT molecular complexity index is 1220. The molecule has 1 unspecified atom stereocenters. The molecule has 0 bridgehead atoms. The molecule has 1 fully saturated rings. The fraction of sp³-hybridized carbons (Fsp3) is 0.333. The Labute approximate surface area is 210 Å². The molecule has 3 aromatic rings. The van der Waals surface area contributed by atoms with Gasteiger partial charge in [0.05, 0.1) is 17.5 Å². The quantitative estimate of drug-likeness (QED) is 0.329. The van der Waals surface area contributed by atoms with E-state index in [2.05, 4.69) is 15.6 Å². The molecule has 196 valence electrons. The number of nitrogens with zero attached hydrogens (tertiary/aromatic N) is 1. The van der Waals surface area contributed by atoms with Gasteiger partial charge in [-0.2, -0.15) is 13.2 Å². The van der Waals surface area contributed by atoms with Gasteiger partial charge in [0.2, 0.25) is 0 Å². The summed E-state index contributed by atoms with van der Waals surface area (Å²) in [7, 11) is 0. The summed E-state index contributed by atoms with van der Waals surface area (Å²) < 4.78 is 82.2. The van der Waals surface area contributed by atoms with Gasteiger partial charge in [-0.05, 0) is 54.3 Å². The number of carbonyl (C=O) groups is 1. The number of amides is 2. The van der Waals surface area contributed by atoms with E-state index < -0.39 is 40.8 Å². The topological polar surface area (TPSA) is 54.0 Å². The van der Waals surface area contributed by atoms with Gasteiger partial charge in [-0.25, -0.2) is 18.0 Å². The second-order valence-electron chi connectivity index (χ2n) is 9.29. The van der Waals surface area contributed by atoms with Gasteiger partial charge < -0.3 is 10.6 Å². The van der Waals surface area contributed by atoms with Crippen LogP contribution < -0.4 is 10.6 Å². The third-order valence-electron chi connectivity index (χ3n) is 6.61. The van der Waals surface area contributed by atoms with Crippen molar-refractivity contribution < 1.29 is 31.1 Å². The molecule has 2 aromatic carbocycles. The Morgan fingerprint density at radius 1 is 0.865 bits per heavy atom. The van der Waals surface area contributed by atoms with Crippen molar-refractivity contribution >= 4 is 11.7 Å². The molecule has 1 aliphatic carbocycles. The molecule has 1 aliphatic rings. The minimum Gasteiger partial charge on any atom is -0.323 e. The van der Waals surface area contributed by atoms with E-state index in [9.17, 15) is 31.1 Å². The highest BCUT2D eigenvalue weighted by atomic mass is 19.4. The minimum atomic E-state index is -4.65. The number of hydrogen-bond acceptors (Lipinski definition) is 2. The SMILES string of the molecule is O=C(Nc1cc(F)cc(F)c1)NC(CC1CCCCC1)(c1cccc(C(F)(F)F)c1)c1ccc(F)cn1. The zero-order chi connectivity index (χ0) is 26.6. The molecule has 4 nitrogen and oxygen atoms in total. The summed E-state index contributed by atoms with van der Waals surface area (Å²) in [4.78, 5) is 17.4. The van der Waals surface area contributed by atoms with Crippen molar-refractivity contribution in [3.63, 3.8) is 0 Å². The third-order valence-corrected chi connectivity index (χ3v) is 6.61. The standard InChI is InChI=1S/C27H25F6N3O/c28-20-9-10-24(34-16-20)26(15-17-5-2-1-3-6-17,18-7-4-8-19(11-18)27(31,32)33)36-25(37)35-23-13-21(29)12-22(30)14-23/h4,7-14,16-17H,1-3,5-6,15H2,(H2,35,36,37). The van der Waals surface area contributed by atoms with Crippen LogP contribution in [-0.4, -0.2) is 11.0 Å². The first-order chi connectivity index (χ1) is 17.5. The van der Waals surface area contributed by atoms with E-state index in [0.29, 0.717) is 6.07 Å². The smallest absolute Gasteiger partial charge is 0.323 e. The van der Waals surface area contributed by atoms with E-state index in [1.54, 1.807) is 0 Å². The van der Waals surface area contributed by atoms with Crippen LogP contribution in [0.2, 0.25) is 0 Å². The van der Waals surface area contributed by atoms with Crippen molar-refractivity contribution in [1.82, 2.24) is 10.3 Å². The van der Waals surface area contributed by atoms with Crippen molar-refractivity contribution in [2.24, 2.45) is 5.92 Å². The van der Waals surface area contributed by atoms with Crippen molar-refractivity contribution in [1.29, 1.82) is 0 Å². The number of pyridine rings is 1. The molecule has 2 amide bonds. The lowest BCUT2D eigenvalue weighted by Gasteiger charge is -2.39. The number of aromatic nitrogens is 1. The summed E-state index contributed by atoms with van der Waals surface area (Å²) in [5.41, 5.74) is -2.45. The van der Waals surface area contributed by atoms with Gasteiger partial charge >= 0.3 is 12.2 Å². The fourth-order valence-electron chi connectivity index (χ4n) is 4.95. The molecule has 0 saturated heterocycles. The van der Waals surface area contributed by atoms with Crippen molar-refractivity contribution in [3.05, 3.63) is 95.1 Å². The molecule has 0 aliphatic heterocycles. The number of nitrogens with one attached hydrogen (secondary N) is 2. The van der Waals surface area contributed by atoms with E-state index >= 15 is 0 Å². The predicted octanol–water partition coefficient (Wildman–Crippen LogP) is 7.55. The molecule has 1 saturated carbocycles. The Hall–Kier alpha value is -3.56. The van der Waals surface area contributed by atoms with Gasteiger partial charge in [-0.3, -0.25) is 4.98 Å². The summed E-state index contributed by atoms with van der Waals surface area (Å²) in [5.74, 6) is -2.45. The largest absolute Gasteiger partial charge is 0.416 e. The zero-order valence-corrected chi connectivity index (χ0v) is 19.7. The number of urea groups is 1. The van der Waals surface area contributed by atoms with Crippen LogP contribution in [0.5, 0.6) is 0 Å². The van der Waals surface area contributed by atoms with Gasteiger partial charge in [0.15, 0.2) is 0 Å². The highest BCUT2D eigenvalue weighted by molar-refractivity contribution is 5.90. The average molecular weight is 522 g/mol. The van der Waals surface area contributed by atoms with E-state index in [1.807, 2.05) is 0 Å². The number of hydrogen-bond donors (Lipinski definition) is 2. The van der Waals surface area contributed by atoms with Crippen LogP contribution in [0.4, 0.5) is 36.8 Å². The molecule has 1 heterocycles. The summed E-state index contributed by atoms with van der Waals surface area (Å²) >= 11 is 0. The normalized spacial score (nSPS) is 16.2. The van der Waals surface area contributed by atoms with E-state index in [-0.39, 0.29) is 29.3 Å². The van der Waals surface area contributed by atoms with E-state index in [0.717, 1.165) is 68.6 Å². The Balaban J connectivity index is 1.82. The monoisotopic (exact) mass is 521 g/mol. The van der Waals surface area contributed by atoms with Crippen LogP contribution in [0.1, 0.15) is 55.3 Å². The molecule has 2 N–H and O–H groups in total. The summed E-state index contributed by atoms with van der Waals surface area (Å²) in [6.07, 6.45) is 0.938. The first-order valence-electron chi connectivity index (χ1n) is 11.9. The van der Waals surface area contributed by atoms with Crippen LogP contribution in [0, 0.1) is 23.4 Å². The number of alkyl halides is 3. The van der Waals surface area contributed by atoms with Gasteiger partial charge in [0.1, 0.15) is 23.0 Å². The van der Waals surface area contributed by atoms with Crippen LogP contribution in [0.3, 0.4) is 0 Å². The first-order valence-corrected chi connectivity index (χ1v) is 11.9. The zero-order valence-electron chi connectivity index (χ0n) is 19.7. The molecule has 37 heavy (non-hydrogen) atoms. The number of halogens is 6. The Morgan fingerprint density at radius 3 is 2.16 bits per heavy atom. The maximum absolute atomic E-state index is 13.8. The van der Waals surface area contributed by atoms with Crippen LogP contribution in [0.15, 0.2) is 60.8 Å². The number of rotatable bonds is 6. The van der Waals surface area contributed by atoms with Crippen molar-refractivity contribution in [2.75, 3.05) is 5.32 Å². The second kappa shape index (κ2) is 10.8. The Morgan fingerprint density at radius 2 is 1.54 bits per heavy atom. The third kappa shape index (κ3) is 6.42. The van der Waals surface area contributed by atoms with E-state index in [1.165, 1.54) is 18.2 Å². The average Bonchev–Trinajstić information content (AvgIpc) is 2.83. The van der Waals surface area contributed by atoms with Crippen LogP contribution >= 0.6 is 0 Å². The Kier molecular flexibility index (Phi) is 7.75. The molecule has 1 atom stereocenters. The van der Waals surface area contributed by atoms with Gasteiger partial charge in [-0.1, -0.05) is 44.2 Å². The molecule has 0 radical (unpaired) electrons. The fourth-order valence-corrected chi connectivity index (χ4v) is 4.95.